The fourth-order valence-electron chi connectivity index (χ4n) is 3.55. The van der Waals surface area contributed by atoms with Crippen LogP contribution in [0.2, 0.25) is 0 Å². The number of hydrogen-bond acceptors (Lipinski definition) is 5. The number of benzene rings is 2. The molecule has 1 N–H and O–H groups in total. The van der Waals surface area contributed by atoms with E-state index in [1.165, 1.54) is 5.56 Å². The molecule has 0 bridgehead atoms. The number of aliphatic hydroxyl groups excluding tert-OH is 1. The summed E-state index contributed by atoms with van der Waals surface area (Å²) in [6.07, 6.45) is 2.43. The lowest BCUT2D eigenvalue weighted by atomic mass is 10.0. The van der Waals surface area contributed by atoms with Crippen molar-refractivity contribution in [1.82, 2.24) is 4.98 Å². The van der Waals surface area contributed by atoms with Crippen molar-refractivity contribution in [2.24, 2.45) is 0 Å². The van der Waals surface area contributed by atoms with Crippen LogP contribution in [0.3, 0.4) is 0 Å². The summed E-state index contributed by atoms with van der Waals surface area (Å²) < 4.78 is 6.03. The van der Waals surface area contributed by atoms with Gasteiger partial charge in [0.25, 0.3) is 0 Å². The number of aliphatic hydroxyl groups is 1. The molecule has 1 aromatic heterocycles. The van der Waals surface area contributed by atoms with Crippen LogP contribution in [0.25, 0.3) is 10.6 Å². The summed E-state index contributed by atoms with van der Waals surface area (Å²) in [5, 5.41) is 11.3. The van der Waals surface area contributed by atoms with Crippen molar-refractivity contribution in [1.29, 1.82) is 0 Å². The average molecular weight is 395 g/mol. The van der Waals surface area contributed by atoms with E-state index in [4.69, 9.17) is 9.72 Å². The molecule has 0 saturated carbocycles. The molecule has 0 fully saturated rings. The third-order valence-corrected chi connectivity index (χ3v) is 6.36. The molecule has 0 spiro atoms. The van der Waals surface area contributed by atoms with Gasteiger partial charge >= 0.3 is 0 Å². The first-order chi connectivity index (χ1) is 13.6. The number of thiazole rings is 1. The fraction of sp³-hybridized carbons (Fsp3) is 0.348. The second kappa shape index (κ2) is 8.43. The smallest absolute Gasteiger partial charge is 0.124 e. The molecular formula is C23H26N2O2S. The van der Waals surface area contributed by atoms with Crippen molar-refractivity contribution in [3.8, 4) is 10.6 Å². The summed E-state index contributed by atoms with van der Waals surface area (Å²) in [6.45, 7) is 1.11. The van der Waals surface area contributed by atoms with Crippen LogP contribution < -0.4 is 4.90 Å². The van der Waals surface area contributed by atoms with E-state index >= 15 is 0 Å². The number of anilines is 1. The number of aromatic nitrogens is 1. The molecule has 1 aliphatic carbocycles. The van der Waals surface area contributed by atoms with E-state index < -0.39 is 0 Å². The standard InChI is InChI=1S/C23H26N2O2S/c1-25(2)18-11-12-19(23-24-20-9-6-10-21(26)22(20)28-23)17(13-18)15-27-14-16-7-4-3-5-8-16/h3-5,7-8,11-13,21,26H,6,9-10,14-15H2,1-2H3. The predicted molar refractivity (Wildman–Crippen MR) is 115 cm³/mol. The normalized spacial score (nSPS) is 16.0. The average Bonchev–Trinajstić information content (AvgIpc) is 3.14. The van der Waals surface area contributed by atoms with E-state index in [0.29, 0.717) is 13.2 Å². The van der Waals surface area contributed by atoms with Gasteiger partial charge in [-0.3, -0.25) is 0 Å². The molecule has 4 rings (SSSR count). The van der Waals surface area contributed by atoms with Gasteiger partial charge in [0.1, 0.15) is 5.01 Å². The van der Waals surface area contributed by atoms with Crippen LogP contribution in [0.4, 0.5) is 5.69 Å². The summed E-state index contributed by atoms with van der Waals surface area (Å²) in [6, 6.07) is 16.7. The molecule has 1 unspecified atom stereocenters. The lowest BCUT2D eigenvalue weighted by Gasteiger charge is -2.16. The molecular weight excluding hydrogens is 368 g/mol. The van der Waals surface area contributed by atoms with Crippen LogP contribution >= 0.6 is 11.3 Å². The Labute approximate surface area is 170 Å². The van der Waals surface area contributed by atoms with Gasteiger partial charge in [0.15, 0.2) is 0 Å². The van der Waals surface area contributed by atoms with Crippen molar-refractivity contribution >= 4 is 17.0 Å². The molecule has 0 radical (unpaired) electrons. The van der Waals surface area contributed by atoms with Crippen LogP contribution in [-0.4, -0.2) is 24.2 Å². The van der Waals surface area contributed by atoms with Crippen LogP contribution in [0.15, 0.2) is 48.5 Å². The van der Waals surface area contributed by atoms with Gasteiger partial charge in [-0.1, -0.05) is 30.3 Å². The van der Waals surface area contributed by atoms with Gasteiger partial charge in [0, 0.05) is 25.3 Å². The number of nitrogens with zero attached hydrogens (tertiary/aromatic N) is 2. The molecule has 1 heterocycles. The van der Waals surface area contributed by atoms with Gasteiger partial charge in [-0.15, -0.1) is 11.3 Å². The minimum atomic E-state index is -0.367. The highest BCUT2D eigenvalue weighted by Gasteiger charge is 2.24. The number of hydrogen-bond donors (Lipinski definition) is 1. The monoisotopic (exact) mass is 394 g/mol. The van der Waals surface area contributed by atoms with Crippen molar-refractivity contribution < 1.29 is 9.84 Å². The first-order valence-corrected chi connectivity index (χ1v) is 10.5. The Morgan fingerprint density at radius 2 is 1.96 bits per heavy atom. The Kier molecular flexibility index (Phi) is 5.76. The lowest BCUT2D eigenvalue weighted by molar-refractivity contribution is 0.107. The highest BCUT2D eigenvalue weighted by Crippen LogP contribution is 2.39. The third kappa shape index (κ3) is 4.12. The first kappa shape index (κ1) is 19.1. The molecule has 1 atom stereocenters. The highest BCUT2D eigenvalue weighted by atomic mass is 32.1. The van der Waals surface area contributed by atoms with Crippen LogP contribution in [0.5, 0.6) is 0 Å². The maximum absolute atomic E-state index is 10.3. The molecule has 1 aliphatic rings. The molecule has 28 heavy (non-hydrogen) atoms. The quantitative estimate of drug-likeness (QED) is 0.642. The van der Waals surface area contributed by atoms with Crippen molar-refractivity contribution in [3.63, 3.8) is 0 Å². The lowest BCUT2D eigenvalue weighted by Crippen LogP contribution is -2.09. The van der Waals surface area contributed by atoms with Gasteiger partial charge < -0.3 is 14.7 Å². The Balaban J connectivity index is 1.61. The number of ether oxygens (including phenoxy) is 1. The third-order valence-electron chi connectivity index (χ3n) is 5.13. The zero-order valence-corrected chi connectivity index (χ0v) is 17.2. The van der Waals surface area contributed by atoms with E-state index in [-0.39, 0.29) is 6.10 Å². The minimum absolute atomic E-state index is 0.367. The van der Waals surface area contributed by atoms with Crippen molar-refractivity contribution in [3.05, 3.63) is 70.2 Å². The maximum atomic E-state index is 10.3. The van der Waals surface area contributed by atoms with Crippen molar-refractivity contribution in [2.75, 3.05) is 19.0 Å². The zero-order chi connectivity index (χ0) is 19.5. The summed E-state index contributed by atoms with van der Waals surface area (Å²) in [5.41, 5.74) is 5.60. The van der Waals surface area contributed by atoms with E-state index in [1.54, 1.807) is 11.3 Å². The van der Waals surface area contributed by atoms with Crippen LogP contribution in [0.1, 0.15) is 40.6 Å². The first-order valence-electron chi connectivity index (χ1n) is 9.72. The minimum Gasteiger partial charge on any atom is -0.388 e. The van der Waals surface area contributed by atoms with E-state index in [9.17, 15) is 5.11 Å². The van der Waals surface area contributed by atoms with Gasteiger partial charge in [0.05, 0.1) is 29.9 Å². The molecule has 4 nitrogen and oxygen atoms in total. The molecule has 5 heteroatoms. The number of rotatable bonds is 6. The SMILES string of the molecule is CN(C)c1ccc(-c2nc3c(s2)C(O)CCC3)c(COCc2ccccc2)c1. The molecule has 0 amide bonds. The van der Waals surface area contributed by atoms with Crippen molar-refractivity contribution in [2.45, 2.75) is 38.6 Å². The Morgan fingerprint density at radius 3 is 2.71 bits per heavy atom. The predicted octanol–water partition coefficient (Wildman–Crippen LogP) is 4.96. The van der Waals surface area contributed by atoms with Gasteiger partial charge in [-0.2, -0.15) is 0 Å². The van der Waals surface area contributed by atoms with E-state index in [2.05, 4.69) is 35.2 Å². The molecule has 3 aromatic rings. The van der Waals surface area contributed by atoms with Crippen LogP contribution in [-0.2, 0) is 24.4 Å². The Hall–Kier alpha value is -2.21. The van der Waals surface area contributed by atoms with E-state index in [0.717, 1.165) is 51.7 Å². The summed E-state index contributed by atoms with van der Waals surface area (Å²) in [5.74, 6) is 0. The molecule has 0 saturated heterocycles. The maximum Gasteiger partial charge on any atom is 0.124 e. The summed E-state index contributed by atoms with van der Waals surface area (Å²) in [7, 11) is 4.09. The largest absolute Gasteiger partial charge is 0.388 e. The second-order valence-corrected chi connectivity index (χ2v) is 8.48. The van der Waals surface area contributed by atoms with Gasteiger partial charge in [-0.25, -0.2) is 4.98 Å². The Morgan fingerprint density at radius 1 is 1.14 bits per heavy atom. The molecule has 146 valence electrons. The Bertz CT molecular complexity index is 937. The topological polar surface area (TPSA) is 45.6 Å². The molecule has 2 aromatic carbocycles. The van der Waals surface area contributed by atoms with Gasteiger partial charge in [0.2, 0.25) is 0 Å². The second-order valence-electron chi connectivity index (χ2n) is 7.45. The molecule has 0 aliphatic heterocycles. The zero-order valence-electron chi connectivity index (χ0n) is 16.4. The summed E-state index contributed by atoms with van der Waals surface area (Å²) >= 11 is 1.62. The van der Waals surface area contributed by atoms with Gasteiger partial charge in [-0.05, 0) is 48.6 Å². The van der Waals surface area contributed by atoms with Crippen LogP contribution in [0, 0.1) is 0 Å². The fourth-order valence-corrected chi connectivity index (χ4v) is 4.74. The number of aryl methyl sites for hydroxylation is 1. The number of fused-ring (bicyclic) bond motifs is 1. The summed E-state index contributed by atoms with van der Waals surface area (Å²) in [4.78, 5) is 8.00. The van der Waals surface area contributed by atoms with E-state index in [1.807, 2.05) is 32.3 Å². The highest BCUT2D eigenvalue weighted by molar-refractivity contribution is 7.15.